The van der Waals surface area contributed by atoms with Crippen LogP contribution < -0.4 is 0 Å². The molecule has 1 radical (unpaired) electrons. The second kappa shape index (κ2) is 10.9. The fourth-order valence-electron chi connectivity index (χ4n) is 3.32. The second-order valence-corrected chi connectivity index (χ2v) is 5.78. The maximum Gasteiger partial charge on any atom is 0 e. The first kappa shape index (κ1) is 19.3. The fraction of sp³-hybridized carbons (Fsp3) is 0.526. The first-order valence-corrected chi connectivity index (χ1v) is 7.98. The molecular weight excluding hydrogens is 448 g/mol. The number of allylic oxidation sites excluding steroid dienone is 2. The molecule has 123 valence electrons. The van der Waals surface area contributed by atoms with Crippen molar-refractivity contribution in [2.24, 2.45) is 5.92 Å². The van der Waals surface area contributed by atoms with Crippen LogP contribution in [0.1, 0.15) is 57.1 Å². The van der Waals surface area contributed by atoms with Crippen molar-refractivity contribution < 1.29 is 20.1 Å². The van der Waals surface area contributed by atoms with Gasteiger partial charge in [-0.2, -0.15) is 35.9 Å². The molecule has 1 aliphatic carbocycles. The smallest absolute Gasteiger partial charge is 0 e. The molecule has 1 saturated heterocycles. The predicted octanol–water partition coefficient (Wildman–Crippen LogP) is 5.26. The van der Waals surface area contributed by atoms with Gasteiger partial charge < -0.3 is 16.9 Å². The van der Waals surface area contributed by atoms with E-state index in [0.717, 1.165) is 12.1 Å². The summed E-state index contributed by atoms with van der Waals surface area (Å²) in [7, 11) is 0. The van der Waals surface area contributed by atoms with Crippen LogP contribution in [0.25, 0.3) is 10.7 Å². The summed E-state index contributed by atoms with van der Waals surface area (Å²) in [5.41, 5.74) is 1.30. The SMILES string of the molecule is C[C-]=CC=[N-].[Ir].[c-]1ccccc1C1CCC2CCCCC2[N-]1. The van der Waals surface area contributed by atoms with Crippen LogP contribution in [0.15, 0.2) is 30.3 Å². The normalized spacial score (nSPS) is 27.0. The van der Waals surface area contributed by atoms with Crippen molar-refractivity contribution in [1.82, 2.24) is 0 Å². The van der Waals surface area contributed by atoms with Crippen LogP contribution in [0.5, 0.6) is 0 Å². The van der Waals surface area contributed by atoms with E-state index in [1.807, 2.05) is 12.1 Å². The maximum atomic E-state index is 7.82. The molecular formula is C19H24IrN2-4. The molecule has 0 aromatic heterocycles. The standard InChI is InChI=1S/C15H19N.C4H5N.Ir/c1-2-6-12(7-3-1)15-11-10-13-8-4-5-9-14(13)16-15;1-2-3-4-5;/h1-3,6,13-15H,4-5,8-11H2;3-4H,1H3;/q2*-2;. The zero-order chi connectivity index (χ0) is 14.9. The molecule has 3 unspecified atom stereocenters. The molecule has 2 nitrogen and oxygen atoms in total. The van der Waals surface area contributed by atoms with Gasteiger partial charge in [-0.05, 0) is 0 Å². The van der Waals surface area contributed by atoms with Crippen molar-refractivity contribution in [1.29, 1.82) is 0 Å². The summed E-state index contributed by atoms with van der Waals surface area (Å²) in [6.07, 6.45) is 13.1. The molecule has 0 spiro atoms. The van der Waals surface area contributed by atoms with Crippen LogP contribution in [-0.4, -0.2) is 12.3 Å². The Morgan fingerprint density at radius 3 is 2.68 bits per heavy atom. The largest absolute Gasteiger partial charge is 0.911 e. The minimum Gasteiger partial charge on any atom is -0.911 e. The number of nitrogens with zero attached hydrogens (tertiary/aromatic N) is 2. The van der Waals surface area contributed by atoms with Gasteiger partial charge in [0, 0.05) is 20.1 Å². The zero-order valence-electron chi connectivity index (χ0n) is 13.2. The van der Waals surface area contributed by atoms with E-state index in [2.05, 4.69) is 24.3 Å². The Balaban J connectivity index is 0.000000356. The average Bonchev–Trinajstić information content (AvgIpc) is 2.56. The minimum atomic E-state index is 0. The quantitative estimate of drug-likeness (QED) is 0.416. The van der Waals surface area contributed by atoms with Crippen molar-refractivity contribution in [3.8, 4) is 0 Å². The van der Waals surface area contributed by atoms with Gasteiger partial charge in [-0.15, -0.1) is 19.0 Å². The van der Waals surface area contributed by atoms with E-state index < -0.39 is 0 Å². The van der Waals surface area contributed by atoms with E-state index in [9.17, 15) is 0 Å². The van der Waals surface area contributed by atoms with E-state index in [1.54, 1.807) is 6.92 Å². The van der Waals surface area contributed by atoms with E-state index in [-0.39, 0.29) is 20.1 Å². The Bertz CT molecular complexity index is 444. The van der Waals surface area contributed by atoms with Crippen molar-refractivity contribution >= 4 is 6.21 Å². The zero-order valence-corrected chi connectivity index (χ0v) is 15.6. The van der Waals surface area contributed by atoms with Crippen LogP contribution in [0.3, 0.4) is 0 Å². The molecule has 1 aromatic carbocycles. The molecule has 2 fully saturated rings. The predicted molar refractivity (Wildman–Crippen MR) is 89.3 cm³/mol. The number of hydrogen-bond acceptors (Lipinski definition) is 0. The summed E-state index contributed by atoms with van der Waals surface area (Å²) >= 11 is 0. The number of piperidine rings is 1. The Labute approximate surface area is 148 Å². The van der Waals surface area contributed by atoms with Crippen molar-refractivity contribution in [3.63, 3.8) is 0 Å². The van der Waals surface area contributed by atoms with Crippen LogP contribution in [0.4, 0.5) is 0 Å². The van der Waals surface area contributed by atoms with Crippen LogP contribution in [0.2, 0.25) is 0 Å². The Morgan fingerprint density at radius 1 is 1.23 bits per heavy atom. The molecule has 3 atom stereocenters. The van der Waals surface area contributed by atoms with Crippen LogP contribution in [-0.2, 0) is 20.1 Å². The van der Waals surface area contributed by atoms with Crippen LogP contribution in [0, 0.1) is 18.1 Å². The number of benzene rings is 1. The second-order valence-electron chi connectivity index (χ2n) is 5.78. The molecule has 3 rings (SSSR count). The van der Waals surface area contributed by atoms with Gasteiger partial charge in [0.1, 0.15) is 0 Å². The first-order chi connectivity index (χ1) is 10.3. The summed E-state index contributed by atoms with van der Waals surface area (Å²) in [5, 5.41) is 12.9. The van der Waals surface area contributed by atoms with Crippen LogP contribution >= 0.6 is 0 Å². The molecule has 1 saturated carbocycles. The average molecular weight is 473 g/mol. The van der Waals surface area contributed by atoms with Gasteiger partial charge >= 0.3 is 0 Å². The maximum absolute atomic E-state index is 7.82. The van der Waals surface area contributed by atoms with E-state index in [4.69, 9.17) is 10.7 Å². The number of fused-ring (bicyclic) bond motifs is 1. The topological polar surface area (TPSA) is 36.4 Å². The molecule has 2 aliphatic rings. The molecule has 22 heavy (non-hydrogen) atoms. The van der Waals surface area contributed by atoms with Gasteiger partial charge in [-0.25, -0.2) is 0 Å². The Hall–Kier alpha value is -0.761. The summed E-state index contributed by atoms with van der Waals surface area (Å²) in [4.78, 5) is 0. The molecule has 0 amide bonds. The van der Waals surface area contributed by atoms with Gasteiger partial charge in [0.2, 0.25) is 0 Å². The molecule has 3 heteroatoms. The van der Waals surface area contributed by atoms with Crippen molar-refractivity contribution in [3.05, 3.63) is 58.8 Å². The van der Waals surface area contributed by atoms with Gasteiger partial charge in [-0.3, -0.25) is 12.2 Å². The molecule has 1 aliphatic heterocycles. The number of hydrogen-bond donors (Lipinski definition) is 0. The summed E-state index contributed by atoms with van der Waals surface area (Å²) < 4.78 is 0. The summed E-state index contributed by atoms with van der Waals surface area (Å²) in [6, 6.07) is 12.8. The van der Waals surface area contributed by atoms with Crippen molar-refractivity contribution in [2.75, 3.05) is 0 Å². The monoisotopic (exact) mass is 473 g/mol. The van der Waals surface area contributed by atoms with Gasteiger partial charge in [-0.1, -0.05) is 44.4 Å². The molecule has 1 heterocycles. The minimum absolute atomic E-state index is 0. The molecule has 1 aromatic rings. The third-order valence-corrected chi connectivity index (χ3v) is 4.38. The molecule has 0 N–H and O–H groups in total. The fourth-order valence-corrected chi connectivity index (χ4v) is 3.32. The summed E-state index contributed by atoms with van der Waals surface area (Å²) in [6.45, 7) is 1.72. The van der Waals surface area contributed by atoms with Crippen molar-refractivity contribution in [2.45, 2.75) is 57.5 Å². The van der Waals surface area contributed by atoms with E-state index >= 15 is 0 Å². The summed E-state index contributed by atoms with van der Waals surface area (Å²) in [5.74, 6) is 0.897. The van der Waals surface area contributed by atoms with E-state index in [0.29, 0.717) is 12.1 Å². The first-order valence-electron chi connectivity index (χ1n) is 7.98. The Morgan fingerprint density at radius 2 is 2.05 bits per heavy atom. The van der Waals surface area contributed by atoms with Gasteiger partial charge in [0.05, 0.1) is 0 Å². The molecule has 0 bridgehead atoms. The third kappa shape index (κ3) is 5.79. The number of rotatable bonds is 2. The van der Waals surface area contributed by atoms with Gasteiger partial charge in [0.25, 0.3) is 0 Å². The van der Waals surface area contributed by atoms with E-state index in [1.165, 1.54) is 50.2 Å². The van der Waals surface area contributed by atoms with Gasteiger partial charge in [0.15, 0.2) is 0 Å². The third-order valence-electron chi connectivity index (χ3n) is 4.38. The Kier molecular flexibility index (Phi) is 9.54.